The molecule has 2 aromatic carbocycles. The summed E-state index contributed by atoms with van der Waals surface area (Å²) in [5.74, 6) is 0.128. The van der Waals surface area contributed by atoms with Gasteiger partial charge in [-0.1, -0.05) is 44.9 Å². The van der Waals surface area contributed by atoms with Crippen LogP contribution in [-0.2, 0) is 0 Å². The van der Waals surface area contributed by atoms with Crippen LogP contribution in [0.4, 0.5) is 5.13 Å². The first-order chi connectivity index (χ1) is 12.4. The third-order valence-electron chi connectivity index (χ3n) is 3.51. The van der Waals surface area contributed by atoms with E-state index in [4.69, 9.17) is 28.6 Å². The molecule has 9 heteroatoms. The van der Waals surface area contributed by atoms with Crippen molar-refractivity contribution in [2.24, 2.45) is 0 Å². The summed E-state index contributed by atoms with van der Waals surface area (Å²) in [5, 5.41) is 6.83. The smallest absolute Gasteiger partial charge is 0.261 e. The lowest BCUT2D eigenvalue weighted by Crippen LogP contribution is -2.34. The number of methoxy groups -OCH3 is 1. The minimum Gasteiger partial charge on any atom is -0.496 e. The van der Waals surface area contributed by atoms with Crippen molar-refractivity contribution in [1.29, 1.82) is 0 Å². The lowest BCUT2D eigenvalue weighted by Gasteiger charge is -2.13. The minimum absolute atomic E-state index is 0.143. The van der Waals surface area contributed by atoms with Gasteiger partial charge in [-0.15, -0.1) is 0 Å². The molecular weight excluding hydrogens is 458 g/mol. The van der Waals surface area contributed by atoms with Crippen molar-refractivity contribution in [3.63, 3.8) is 0 Å². The van der Waals surface area contributed by atoms with Crippen LogP contribution in [0.1, 0.15) is 15.9 Å². The number of para-hydroxylation sites is 1. The number of aromatic nitrogens is 1. The Labute approximate surface area is 172 Å². The van der Waals surface area contributed by atoms with Gasteiger partial charge >= 0.3 is 0 Å². The number of rotatable bonds is 3. The minimum atomic E-state index is -0.372. The average Bonchev–Trinajstić information content (AvgIpc) is 2.97. The van der Waals surface area contributed by atoms with E-state index >= 15 is 0 Å². The van der Waals surface area contributed by atoms with Gasteiger partial charge in [-0.05, 0) is 49.0 Å². The second-order valence-electron chi connectivity index (χ2n) is 5.32. The van der Waals surface area contributed by atoms with Crippen LogP contribution < -0.4 is 15.4 Å². The summed E-state index contributed by atoms with van der Waals surface area (Å²) in [5.41, 5.74) is 1.92. The van der Waals surface area contributed by atoms with Gasteiger partial charge in [0, 0.05) is 4.47 Å². The summed E-state index contributed by atoms with van der Waals surface area (Å²) in [6.07, 6.45) is 0. The molecule has 0 unspecified atom stereocenters. The molecule has 0 fully saturated rings. The fourth-order valence-corrected chi connectivity index (χ4v) is 4.43. The second kappa shape index (κ2) is 7.87. The lowest BCUT2D eigenvalue weighted by molar-refractivity contribution is 0.0974. The molecule has 0 aliphatic heterocycles. The van der Waals surface area contributed by atoms with Crippen LogP contribution in [0, 0.1) is 6.92 Å². The van der Waals surface area contributed by atoms with Crippen LogP contribution in [0.2, 0.25) is 5.02 Å². The number of halogens is 2. The van der Waals surface area contributed by atoms with Crippen LogP contribution in [0.5, 0.6) is 5.75 Å². The number of aryl methyl sites for hydroxylation is 1. The molecule has 3 rings (SSSR count). The summed E-state index contributed by atoms with van der Waals surface area (Å²) in [4.78, 5) is 17.0. The van der Waals surface area contributed by atoms with E-state index in [2.05, 4.69) is 31.5 Å². The maximum atomic E-state index is 12.6. The van der Waals surface area contributed by atoms with Gasteiger partial charge < -0.3 is 10.1 Å². The maximum absolute atomic E-state index is 12.6. The molecule has 0 saturated heterocycles. The Kier molecular flexibility index (Phi) is 5.76. The number of hydrogen-bond donors (Lipinski definition) is 2. The number of amides is 1. The van der Waals surface area contributed by atoms with Crippen molar-refractivity contribution in [3.8, 4) is 5.75 Å². The largest absolute Gasteiger partial charge is 0.496 e. The Balaban J connectivity index is 1.77. The molecule has 0 atom stereocenters. The summed E-state index contributed by atoms with van der Waals surface area (Å²) in [7, 11) is 1.52. The van der Waals surface area contributed by atoms with E-state index in [0.717, 1.165) is 14.7 Å². The van der Waals surface area contributed by atoms with Crippen LogP contribution in [0.3, 0.4) is 0 Å². The van der Waals surface area contributed by atoms with Crippen molar-refractivity contribution < 1.29 is 9.53 Å². The number of carbonyl (C=O) groups is 1. The normalized spacial score (nSPS) is 10.6. The van der Waals surface area contributed by atoms with Crippen molar-refractivity contribution in [1.82, 2.24) is 10.3 Å². The Bertz CT molecular complexity index is 1020. The third kappa shape index (κ3) is 3.98. The molecule has 0 aliphatic carbocycles. The summed E-state index contributed by atoms with van der Waals surface area (Å²) < 4.78 is 7.04. The van der Waals surface area contributed by atoms with Crippen molar-refractivity contribution >= 4 is 77.5 Å². The highest BCUT2D eigenvalue weighted by molar-refractivity contribution is 9.10. The fraction of sp³-hybridized carbons (Fsp3) is 0.118. The first-order valence-electron chi connectivity index (χ1n) is 7.40. The molecule has 26 heavy (non-hydrogen) atoms. The molecule has 5 nitrogen and oxygen atoms in total. The SMILES string of the molecule is COc1c(C)cc(Br)cc1C(=O)NC(=S)Nc1nc2c(Cl)cccc2s1. The molecule has 0 bridgehead atoms. The summed E-state index contributed by atoms with van der Waals surface area (Å²) in [6.45, 7) is 1.86. The van der Waals surface area contributed by atoms with Gasteiger partial charge in [-0.2, -0.15) is 0 Å². The zero-order valence-corrected chi connectivity index (χ0v) is 17.7. The molecule has 134 valence electrons. The molecule has 0 spiro atoms. The van der Waals surface area contributed by atoms with Gasteiger partial charge in [0.1, 0.15) is 11.3 Å². The van der Waals surface area contributed by atoms with Crippen LogP contribution in [0.15, 0.2) is 34.8 Å². The van der Waals surface area contributed by atoms with E-state index in [1.54, 1.807) is 12.1 Å². The first-order valence-corrected chi connectivity index (χ1v) is 9.80. The van der Waals surface area contributed by atoms with Gasteiger partial charge in [0.25, 0.3) is 5.91 Å². The zero-order valence-electron chi connectivity index (χ0n) is 13.7. The van der Waals surface area contributed by atoms with Crippen molar-refractivity contribution in [2.45, 2.75) is 6.92 Å². The van der Waals surface area contributed by atoms with Crippen LogP contribution >= 0.6 is 51.1 Å². The average molecular weight is 471 g/mol. The van der Waals surface area contributed by atoms with E-state index in [-0.39, 0.29) is 11.0 Å². The molecule has 1 heterocycles. The number of nitrogens with one attached hydrogen (secondary N) is 2. The molecule has 1 aromatic heterocycles. The van der Waals surface area contributed by atoms with Crippen molar-refractivity contribution in [3.05, 3.63) is 51.0 Å². The lowest BCUT2D eigenvalue weighted by atomic mass is 10.1. The highest BCUT2D eigenvalue weighted by atomic mass is 79.9. The Morgan fingerprint density at radius 2 is 2.15 bits per heavy atom. The quantitative estimate of drug-likeness (QED) is 0.518. The number of ether oxygens (including phenoxy) is 1. The zero-order chi connectivity index (χ0) is 18.8. The van der Waals surface area contributed by atoms with Gasteiger partial charge in [-0.25, -0.2) is 4.98 Å². The van der Waals surface area contributed by atoms with E-state index in [0.29, 0.717) is 27.0 Å². The van der Waals surface area contributed by atoms with Crippen molar-refractivity contribution in [2.75, 3.05) is 12.4 Å². The number of nitrogens with zero attached hydrogens (tertiary/aromatic N) is 1. The van der Waals surface area contributed by atoms with Gasteiger partial charge in [0.05, 0.1) is 22.4 Å². The van der Waals surface area contributed by atoms with E-state index in [1.807, 2.05) is 25.1 Å². The summed E-state index contributed by atoms with van der Waals surface area (Å²) in [6, 6.07) is 9.10. The first kappa shape index (κ1) is 19.0. The molecular formula is C17H13BrClN3O2S2. The molecule has 0 radical (unpaired) electrons. The number of carbonyl (C=O) groups excluding carboxylic acids is 1. The molecule has 0 aliphatic rings. The number of hydrogen-bond acceptors (Lipinski definition) is 5. The highest BCUT2D eigenvalue weighted by Gasteiger charge is 2.17. The second-order valence-corrected chi connectivity index (χ2v) is 8.08. The third-order valence-corrected chi connectivity index (χ3v) is 5.41. The Hall–Kier alpha value is -1.74. The number of thiazole rings is 1. The Morgan fingerprint density at radius 3 is 2.85 bits per heavy atom. The predicted molar refractivity (Wildman–Crippen MR) is 114 cm³/mol. The molecule has 1 amide bonds. The fourth-order valence-electron chi connectivity index (χ4n) is 2.44. The van der Waals surface area contributed by atoms with E-state index < -0.39 is 0 Å². The number of thiocarbonyl (C=S) groups is 1. The van der Waals surface area contributed by atoms with Gasteiger partial charge in [0.2, 0.25) is 0 Å². The number of benzene rings is 2. The predicted octanol–water partition coefficient (Wildman–Crippen LogP) is 5.16. The topological polar surface area (TPSA) is 63.2 Å². The van der Waals surface area contributed by atoms with Gasteiger partial charge in [0.15, 0.2) is 10.2 Å². The van der Waals surface area contributed by atoms with E-state index in [1.165, 1.54) is 18.4 Å². The number of anilines is 1. The maximum Gasteiger partial charge on any atom is 0.261 e. The standard InChI is InChI=1S/C17H13BrClN3O2S2/c1-8-6-9(18)7-10(14(8)24-2)15(23)21-16(25)22-17-20-13-11(19)4-3-5-12(13)26-17/h3-7H,1-2H3,(H2,20,21,22,23,25). The van der Waals surface area contributed by atoms with Crippen LogP contribution in [-0.4, -0.2) is 23.1 Å². The van der Waals surface area contributed by atoms with Crippen LogP contribution in [0.25, 0.3) is 10.2 Å². The monoisotopic (exact) mass is 469 g/mol. The summed E-state index contributed by atoms with van der Waals surface area (Å²) >= 11 is 16.1. The Morgan fingerprint density at radius 1 is 1.38 bits per heavy atom. The van der Waals surface area contributed by atoms with Gasteiger partial charge in [-0.3, -0.25) is 10.1 Å². The highest BCUT2D eigenvalue weighted by Crippen LogP contribution is 2.31. The molecule has 0 saturated carbocycles. The molecule has 2 N–H and O–H groups in total. The number of fused-ring (bicyclic) bond motifs is 1. The van der Waals surface area contributed by atoms with E-state index in [9.17, 15) is 4.79 Å². The molecule has 3 aromatic rings.